The van der Waals surface area contributed by atoms with Gasteiger partial charge in [0.05, 0.1) is 18.4 Å². The summed E-state index contributed by atoms with van der Waals surface area (Å²) < 4.78 is 5.11. The van der Waals surface area contributed by atoms with Gasteiger partial charge in [0.1, 0.15) is 5.75 Å². The average Bonchev–Trinajstić information content (AvgIpc) is 2.38. The van der Waals surface area contributed by atoms with Crippen LogP contribution in [0.1, 0.15) is 23.2 Å². The lowest BCUT2D eigenvalue weighted by Crippen LogP contribution is -2.28. The standard InChI is InChI=1S/C14H20N2O2/c1-4-5-6-10-16(2)14(17)11-8-7-9-12(18-3)13(11)15/h4,7-9H,1,5-6,10,15H2,2-3H3. The summed E-state index contributed by atoms with van der Waals surface area (Å²) in [5.74, 6) is 0.441. The SMILES string of the molecule is C=CCCCN(C)C(=O)c1cccc(OC)c1N. The molecule has 0 aliphatic carbocycles. The molecule has 0 radical (unpaired) electrons. The summed E-state index contributed by atoms with van der Waals surface area (Å²) in [6, 6.07) is 5.22. The molecular formula is C14H20N2O2. The molecule has 0 heterocycles. The Kier molecular flexibility index (Phi) is 5.24. The molecule has 1 rings (SSSR count). The van der Waals surface area contributed by atoms with Gasteiger partial charge in [0.2, 0.25) is 0 Å². The molecule has 0 spiro atoms. The van der Waals surface area contributed by atoms with Gasteiger partial charge >= 0.3 is 0 Å². The second-order valence-electron chi connectivity index (χ2n) is 4.08. The molecule has 0 aromatic heterocycles. The van der Waals surface area contributed by atoms with Gasteiger partial charge in [-0.1, -0.05) is 12.1 Å². The van der Waals surface area contributed by atoms with Crippen LogP contribution in [0.4, 0.5) is 5.69 Å². The first-order valence-corrected chi connectivity index (χ1v) is 5.90. The van der Waals surface area contributed by atoms with Gasteiger partial charge < -0.3 is 15.4 Å². The van der Waals surface area contributed by atoms with Crippen molar-refractivity contribution in [1.82, 2.24) is 4.90 Å². The maximum absolute atomic E-state index is 12.2. The van der Waals surface area contributed by atoms with Gasteiger partial charge in [-0.2, -0.15) is 0 Å². The van der Waals surface area contributed by atoms with Crippen molar-refractivity contribution in [2.75, 3.05) is 26.4 Å². The lowest BCUT2D eigenvalue weighted by Gasteiger charge is -2.18. The number of carbonyl (C=O) groups excluding carboxylic acids is 1. The zero-order valence-corrected chi connectivity index (χ0v) is 11.0. The summed E-state index contributed by atoms with van der Waals surface area (Å²) in [5, 5.41) is 0. The summed E-state index contributed by atoms with van der Waals surface area (Å²) in [7, 11) is 3.30. The zero-order chi connectivity index (χ0) is 13.5. The van der Waals surface area contributed by atoms with Crippen LogP contribution in [-0.2, 0) is 0 Å². The number of hydrogen-bond acceptors (Lipinski definition) is 3. The highest BCUT2D eigenvalue weighted by Gasteiger charge is 2.16. The summed E-state index contributed by atoms with van der Waals surface area (Å²) >= 11 is 0. The monoisotopic (exact) mass is 248 g/mol. The second-order valence-corrected chi connectivity index (χ2v) is 4.08. The Morgan fingerprint density at radius 2 is 2.28 bits per heavy atom. The van der Waals surface area contributed by atoms with E-state index in [9.17, 15) is 4.79 Å². The van der Waals surface area contributed by atoms with Crippen molar-refractivity contribution in [2.24, 2.45) is 0 Å². The number of para-hydroxylation sites is 1. The number of benzene rings is 1. The second kappa shape index (κ2) is 6.69. The highest BCUT2D eigenvalue weighted by Crippen LogP contribution is 2.25. The van der Waals surface area contributed by atoms with Gasteiger partial charge in [-0.15, -0.1) is 6.58 Å². The van der Waals surface area contributed by atoms with E-state index in [1.54, 1.807) is 30.1 Å². The largest absolute Gasteiger partial charge is 0.495 e. The first kappa shape index (κ1) is 14.1. The quantitative estimate of drug-likeness (QED) is 0.477. The topological polar surface area (TPSA) is 55.6 Å². The third-order valence-electron chi connectivity index (χ3n) is 2.76. The average molecular weight is 248 g/mol. The van der Waals surface area contributed by atoms with Crippen LogP contribution < -0.4 is 10.5 Å². The van der Waals surface area contributed by atoms with Crippen molar-refractivity contribution in [3.8, 4) is 5.75 Å². The Morgan fingerprint density at radius 1 is 1.56 bits per heavy atom. The molecule has 18 heavy (non-hydrogen) atoms. The summed E-state index contributed by atoms with van der Waals surface area (Å²) in [6.07, 6.45) is 3.64. The molecule has 0 unspecified atom stereocenters. The molecule has 0 aliphatic heterocycles. The third-order valence-corrected chi connectivity index (χ3v) is 2.76. The minimum Gasteiger partial charge on any atom is -0.495 e. The molecule has 0 saturated heterocycles. The van der Waals surface area contributed by atoms with E-state index in [1.807, 2.05) is 6.08 Å². The smallest absolute Gasteiger partial charge is 0.255 e. The molecule has 98 valence electrons. The number of hydrogen-bond donors (Lipinski definition) is 1. The lowest BCUT2D eigenvalue weighted by molar-refractivity contribution is 0.0794. The fourth-order valence-electron chi connectivity index (χ4n) is 1.69. The molecular weight excluding hydrogens is 228 g/mol. The number of allylic oxidation sites excluding steroid dienone is 1. The number of anilines is 1. The molecule has 2 N–H and O–H groups in total. The number of ether oxygens (including phenoxy) is 1. The first-order chi connectivity index (χ1) is 8.61. The summed E-state index contributed by atoms with van der Waals surface area (Å²) in [6.45, 7) is 4.34. The fraction of sp³-hybridized carbons (Fsp3) is 0.357. The molecule has 1 amide bonds. The van der Waals surface area contributed by atoms with E-state index >= 15 is 0 Å². The number of nitrogens with zero attached hydrogens (tertiary/aromatic N) is 1. The molecule has 0 aliphatic rings. The van der Waals surface area contributed by atoms with Crippen LogP contribution in [0.3, 0.4) is 0 Å². The molecule has 0 saturated carbocycles. The predicted octanol–water partition coefficient (Wildman–Crippen LogP) is 2.32. The predicted molar refractivity (Wildman–Crippen MR) is 73.8 cm³/mol. The van der Waals surface area contributed by atoms with Gasteiger partial charge in [0.15, 0.2) is 0 Å². The number of nitrogen functional groups attached to an aromatic ring is 1. The van der Waals surface area contributed by atoms with Crippen LogP contribution >= 0.6 is 0 Å². The molecule has 0 atom stereocenters. The van der Waals surface area contributed by atoms with E-state index in [2.05, 4.69) is 6.58 Å². The van der Waals surface area contributed by atoms with E-state index in [4.69, 9.17) is 10.5 Å². The summed E-state index contributed by atoms with van der Waals surface area (Å²) in [4.78, 5) is 13.9. The Balaban J connectivity index is 2.80. The van der Waals surface area contributed by atoms with Gasteiger partial charge in [-0.25, -0.2) is 0 Å². The number of methoxy groups -OCH3 is 1. The molecule has 4 nitrogen and oxygen atoms in total. The highest BCUT2D eigenvalue weighted by atomic mass is 16.5. The van der Waals surface area contributed by atoms with Crippen LogP contribution in [0.2, 0.25) is 0 Å². The number of carbonyl (C=O) groups is 1. The Bertz CT molecular complexity index is 430. The Hall–Kier alpha value is -1.97. The number of unbranched alkanes of at least 4 members (excludes halogenated alkanes) is 1. The van der Waals surface area contributed by atoms with E-state index < -0.39 is 0 Å². The van der Waals surface area contributed by atoms with Gasteiger partial charge in [0.25, 0.3) is 5.91 Å². The highest BCUT2D eigenvalue weighted by molar-refractivity contribution is 6.00. The zero-order valence-electron chi connectivity index (χ0n) is 11.0. The van der Waals surface area contributed by atoms with Crippen molar-refractivity contribution in [2.45, 2.75) is 12.8 Å². The van der Waals surface area contributed by atoms with Crippen molar-refractivity contribution in [3.63, 3.8) is 0 Å². The number of amides is 1. The number of nitrogens with two attached hydrogens (primary N) is 1. The molecule has 4 heteroatoms. The minimum atomic E-state index is -0.0875. The van der Waals surface area contributed by atoms with E-state index in [0.717, 1.165) is 12.8 Å². The van der Waals surface area contributed by atoms with Crippen molar-refractivity contribution in [3.05, 3.63) is 36.4 Å². The molecule has 0 bridgehead atoms. The molecule has 1 aromatic carbocycles. The van der Waals surface area contributed by atoms with Gasteiger partial charge in [0, 0.05) is 13.6 Å². The number of rotatable bonds is 6. The van der Waals surface area contributed by atoms with E-state index in [0.29, 0.717) is 23.5 Å². The van der Waals surface area contributed by atoms with Crippen LogP contribution in [-0.4, -0.2) is 31.5 Å². The Morgan fingerprint density at radius 3 is 2.89 bits per heavy atom. The maximum atomic E-state index is 12.2. The van der Waals surface area contributed by atoms with E-state index in [1.165, 1.54) is 7.11 Å². The molecule has 1 aromatic rings. The van der Waals surface area contributed by atoms with Crippen LogP contribution in [0, 0.1) is 0 Å². The Labute approximate surface area is 108 Å². The normalized spacial score (nSPS) is 9.89. The van der Waals surface area contributed by atoms with Crippen molar-refractivity contribution >= 4 is 11.6 Å². The third kappa shape index (κ3) is 3.26. The minimum absolute atomic E-state index is 0.0875. The molecule has 0 fully saturated rings. The van der Waals surface area contributed by atoms with Crippen LogP contribution in [0.5, 0.6) is 5.75 Å². The van der Waals surface area contributed by atoms with Crippen LogP contribution in [0.15, 0.2) is 30.9 Å². The first-order valence-electron chi connectivity index (χ1n) is 5.90. The van der Waals surface area contributed by atoms with Gasteiger partial charge in [-0.3, -0.25) is 4.79 Å². The summed E-state index contributed by atoms with van der Waals surface area (Å²) in [5.41, 5.74) is 6.77. The van der Waals surface area contributed by atoms with Crippen LogP contribution in [0.25, 0.3) is 0 Å². The fourth-order valence-corrected chi connectivity index (χ4v) is 1.69. The van der Waals surface area contributed by atoms with Crippen molar-refractivity contribution in [1.29, 1.82) is 0 Å². The van der Waals surface area contributed by atoms with E-state index in [-0.39, 0.29) is 5.91 Å². The van der Waals surface area contributed by atoms with Gasteiger partial charge in [-0.05, 0) is 25.0 Å². The van der Waals surface area contributed by atoms with Crippen molar-refractivity contribution < 1.29 is 9.53 Å². The lowest BCUT2D eigenvalue weighted by atomic mass is 10.1. The maximum Gasteiger partial charge on any atom is 0.255 e.